The molecule has 1 heterocycles. The van der Waals surface area contributed by atoms with E-state index in [1.54, 1.807) is 12.1 Å². The Morgan fingerprint density at radius 1 is 1.20 bits per heavy atom. The molecular formula is C10H7ClFN3. The zero-order chi connectivity index (χ0) is 10.8. The van der Waals surface area contributed by atoms with Crippen LogP contribution in [0.25, 0.3) is 11.1 Å². The summed E-state index contributed by atoms with van der Waals surface area (Å²) in [6.07, 6.45) is 2.93. The second-order valence-electron chi connectivity index (χ2n) is 2.95. The van der Waals surface area contributed by atoms with Gasteiger partial charge in [-0.25, -0.2) is 14.4 Å². The molecule has 0 saturated carbocycles. The Balaban J connectivity index is 2.49. The van der Waals surface area contributed by atoms with Gasteiger partial charge in [-0.2, -0.15) is 0 Å². The van der Waals surface area contributed by atoms with Crippen LogP contribution < -0.4 is 5.73 Å². The largest absolute Gasteiger partial charge is 0.368 e. The van der Waals surface area contributed by atoms with Crippen molar-refractivity contribution in [3.05, 3.63) is 41.4 Å². The van der Waals surface area contributed by atoms with Gasteiger partial charge in [0, 0.05) is 28.5 Å². The summed E-state index contributed by atoms with van der Waals surface area (Å²) in [6.45, 7) is 0. The summed E-state index contributed by atoms with van der Waals surface area (Å²) >= 11 is 5.64. The lowest BCUT2D eigenvalue weighted by Gasteiger charge is -2.02. The maximum Gasteiger partial charge on any atom is 0.219 e. The van der Waals surface area contributed by atoms with Gasteiger partial charge >= 0.3 is 0 Å². The Hall–Kier alpha value is -1.68. The third-order valence-electron chi connectivity index (χ3n) is 1.91. The van der Waals surface area contributed by atoms with Gasteiger partial charge in [0.25, 0.3) is 0 Å². The van der Waals surface area contributed by atoms with Crippen molar-refractivity contribution in [3.63, 3.8) is 0 Å². The highest BCUT2D eigenvalue weighted by Gasteiger charge is 2.06. The van der Waals surface area contributed by atoms with E-state index < -0.39 is 5.82 Å². The van der Waals surface area contributed by atoms with Gasteiger partial charge in [-0.15, -0.1) is 0 Å². The second-order valence-corrected chi connectivity index (χ2v) is 3.39. The lowest BCUT2D eigenvalue weighted by atomic mass is 10.1. The van der Waals surface area contributed by atoms with Crippen molar-refractivity contribution in [1.82, 2.24) is 9.97 Å². The van der Waals surface area contributed by atoms with E-state index in [2.05, 4.69) is 9.97 Å². The number of halogens is 2. The molecule has 0 radical (unpaired) electrons. The van der Waals surface area contributed by atoms with Crippen LogP contribution in [-0.4, -0.2) is 9.97 Å². The minimum Gasteiger partial charge on any atom is -0.368 e. The summed E-state index contributed by atoms with van der Waals surface area (Å²) in [5.41, 5.74) is 6.30. The van der Waals surface area contributed by atoms with Gasteiger partial charge < -0.3 is 5.73 Å². The van der Waals surface area contributed by atoms with Gasteiger partial charge in [0.2, 0.25) is 5.95 Å². The molecule has 1 aromatic carbocycles. The summed E-state index contributed by atoms with van der Waals surface area (Å²) in [5, 5.41) is 0.354. The average Bonchev–Trinajstić information content (AvgIpc) is 2.20. The fourth-order valence-corrected chi connectivity index (χ4v) is 1.36. The van der Waals surface area contributed by atoms with Crippen LogP contribution in [0.2, 0.25) is 5.02 Å². The topological polar surface area (TPSA) is 51.8 Å². The first-order valence-corrected chi connectivity index (χ1v) is 4.57. The highest BCUT2D eigenvalue weighted by atomic mass is 35.5. The van der Waals surface area contributed by atoms with Crippen LogP contribution in [0, 0.1) is 5.82 Å². The van der Waals surface area contributed by atoms with Crippen molar-refractivity contribution >= 4 is 17.5 Å². The van der Waals surface area contributed by atoms with E-state index in [4.69, 9.17) is 17.3 Å². The summed E-state index contributed by atoms with van der Waals surface area (Å²) in [4.78, 5) is 7.57. The SMILES string of the molecule is Nc1ncc(-c2ccc(Cl)cc2F)cn1. The zero-order valence-corrected chi connectivity index (χ0v) is 8.37. The quantitative estimate of drug-likeness (QED) is 0.808. The normalized spacial score (nSPS) is 10.3. The van der Waals surface area contributed by atoms with Gasteiger partial charge in [0.05, 0.1) is 0 Å². The molecule has 0 atom stereocenters. The molecule has 3 nitrogen and oxygen atoms in total. The number of aromatic nitrogens is 2. The summed E-state index contributed by atoms with van der Waals surface area (Å²) in [6, 6.07) is 4.43. The average molecular weight is 224 g/mol. The Morgan fingerprint density at radius 2 is 1.87 bits per heavy atom. The number of benzene rings is 1. The third kappa shape index (κ3) is 2.05. The van der Waals surface area contributed by atoms with E-state index in [1.165, 1.54) is 18.5 Å². The third-order valence-corrected chi connectivity index (χ3v) is 2.15. The van der Waals surface area contributed by atoms with Crippen molar-refractivity contribution in [2.45, 2.75) is 0 Å². The molecule has 0 aliphatic rings. The van der Waals surface area contributed by atoms with Crippen molar-refractivity contribution in [2.24, 2.45) is 0 Å². The van der Waals surface area contributed by atoms with Crippen LogP contribution >= 0.6 is 11.6 Å². The molecular weight excluding hydrogens is 217 g/mol. The molecule has 0 saturated heterocycles. The Labute approximate surface area is 90.7 Å². The predicted octanol–water partition coefficient (Wildman–Crippen LogP) is 2.52. The monoisotopic (exact) mass is 223 g/mol. The van der Waals surface area contributed by atoms with Crippen molar-refractivity contribution in [1.29, 1.82) is 0 Å². The molecule has 0 fully saturated rings. The van der Waals surface area contributed by atoms with Crippen LogP contribution in [0.15, 0.2) is 30.6 Å². The number of nitrogens with two attached hydrogens (primary N) is 1. The van der Waals surface area contributed by atoms with E-state index in [0.717, 1.165) is 0 Å². The number of nitrogen functional groups attached to an aromatic ring is 1. The first-order chi connectivity index (χ1) is 7.16. The van der Waals surface area contributed by atoms with Gasteiger partial charge in [-0.1, -0.05) is 11.6 Å². The lowest BCUT2D eigenvalue weighted by molar-refractivity contribution is 0.631. The molecule has 0 amide bonds. The number of anilines is 1. The Morgan fingerprint density at radius 3 is 2.47 bits per heavy atom. The highest BCUT2D eigenvalue weighted by Crippen LogP contribution is 2.24. The summed E-state index contributed by atoms with van der Waals surface area (Å²) in [5.74, 6) is -0.246. The van der Waals surface area contributed by atoms with Crippen LogP contribution in [-0.2, 0) is 0 Å². The van der Waals surface area contributed by atoms with Gasteiger partial charge in [-0.3, -0.25) is 0 Å². The van der Waals surface area contributed by atoms with Crippen molar-refractivity contribution in [2.75, 3.05) is 5.73 Å². The summed E-state index contributed by atoms with van der Waals surface area (Å²) < 4.78 is 13.5. The van der Waals surface area contributed by atoms with Crippen LogP contribution in [0.1, 0.15) is 0 Å². The number of rotatable bonds is 1. The molecule has 0 spiro atoms. The maximum atomic E-state index is 13.5. The summed E-state index contributed by atoms with van der Waals surface area (Å²) in [7, 11) is 0. The molecule has 0 aliphatic heterocycles. The highest BCUT2D eigenvalue weighted by molar-refractivity contribution is 6.30. The maximum absolute atomic E-state index is 13.5. The Kier molecular flexibility index (Phi) is 2.51. The fourth-order valence-electron chi connectivity index (χ4n) is 1.20. The number of nitrogens with zero attached hydrogens (tertiary/aromatic N) is 2. The number of hydrogen-bond acceptors (Lipinski definition) is 3. The number of hydrogen-bond donors (Lipinski definition) is 1. The van der Waals surface area contributed by atoms with E-state index in [9.17, 15) is 4.39 Å². The smallest absolute Gasteiger partial charge is 0.219 e. The van der Waals surface area contributed by atoms with Gasteiger partial charge in [-0.05, 0) is 18.2 Å². The van der Waals surface area contributed by atoms with Gasteiger partial charge in [0.15, 0.2) is 0 Å². The lowest BCUT2D eigenvalue weighted by Crippen LogP contribution is -1.94. The van der Waals surface area contributed by atoms with Crippen molar-refractivity contribution < 1.29 is 4.39 Å². The first-order valence-electron chi connectivity index (χ1n) is 4.20. The molecule has 2 rings (SSSR count). The molecule has 0 unspecified atom stereocenters. The molecule has 15 heavy (non-hydrogen) atoms. The molecule has 2 aromatic rings. The first kappa shape index (κ1) is 9.86. The minimum atomic E-state index is -0.407. The molecule has 0 bridgehead atoms. The molecule has 1 aromatic heterocycles. The Bertz CT molecular complexity index is 485. The molecule has 0 aliphatic carbocycles. The molecule has 5 heteroatoms. The van der Waals surface area contributed by atoms with E-state index in [-0.39, 0.29) is 5.95 Å². The zero-order valence-electron chi connectivity index (χ0n) is 7.61. The second kappa shape index (κ2) is 3.82. The van der Waals surface area contributed by atoms with Crippen LogP contribution in [0.3, 0.4) is 0 Å². The molecule has 76 valence electrons. The minimum absolute atomic E-state index is 0.160. The predicted molar refractivity (Wildman–Crippen MR) is 56.8 cm³/mol. The van der Waals surface area contributed by atoms with Crippen LogP contribution in [0.5, 0.6) is 0 Å². The van der Waals surface area contributed by atoms with E-state index >= 15 is 0 Å². The van der Waals surface area contributed by atoms with Crippen molar-refractivity contribution in [3.8, 4) is 11.1 Å². The fraction of sp³-hybridized carbons (Fsp3) is 0. The van der Waals surface area contributed by atoms with E-state index in [0.29, 0.717) is 16.1 Å². The van der Waals surface area contributed by atoms with Crippen LogP contribution in [0.4, 0.5) is 10.3 Å². The van der Waals surface area contributed by atoms with Gasteiger partial charge in [0.1, 0.15) is 5.82 Å². The van der Waals surface area contributed by atoms with E-state index in [1.807, 2.05) is 0 Å². The standard InChI is InChI=1S/C10H7ClFN3/c11-7-1-2-8(9(12)3-7)6-4-14-10(13)15-5-6/h1-5H,(H2,13,14,15). The molecule has 2 N–H and O–H groups in total.